The second-order valence-electron chi connectivity index (χ2n) is 6.34. The lowest BCUT2D eigenvalue weighted by molar-refractivity contribution is -0.249. The van der Waals surface area contributed by atoms with Crippen LogP contribution in [0.4, 0.5) is 0 Å². The van der Waals surface area contributed by atoms with Crippen molar-refractivity contribution >= 4 is 46.9 Å². The molecule has 0 saturated heterocycles. The smallest absolute Gasteiger partial charge is 0.470 e. The zero-order chi connectivity index (χ0) is 28.7. The summed E-state index contributed by atoms with van der Waals surface area (Å²) in [5, 5.41) is 0. The summed E-state index contributed by atoms with van der Waals surface area (Å²) in [4.78, 5) is 112. The lowest BCUT2D eigenvalue weighted by Gasteiger charge is -2.48. The molecule has 0 amide bonds. The molecule has 0 aromatic carbocycles. The highest BCUT2D eigenvalue weighted by Gasteiger charge is 2.62. The normalized spacial score (nSPS) is 30.7. The Morgan fingerprint density at radius 1 is 0.361 bits per heavy atom. The van der Waals surface area contributed by atoms with E-state index in [1.165, 1.54) is 0 Å². The van der Waals surface area contributed by atoms with Crippen LogP contribution in [0.15, 0.2) is 0 Å². The van der Waals surface area contributed by atoms with Crippen molar-refractivity contribution in [1.29, 1.82) is 0 Å². The van der Waals surface area contributed by atoms with E-state index >= 15 is 0 Å². The third-order valence-electron chi connectivity index (χ3n) is 3.49. The lowest BCUT2D eigenvalue weighted by Crippen LogP contribution is -2.66. The van der Waals surface area contributed by atoms with Gasteiger partial charge in [-0.2, -0.15) is 0 Å². The molecule has 1 aliphatic carbocycles. The van der Waals surface area contributed by atoms with Gasteiger partial charge >= 0.3 is 39.1 Å². The summed E-state index contributed by atoms with van der Waals surface area (Å²) < 4.78 is 92.7. The van der Waals surface area contributed by atoms with E-state index < -0.39 is 83.6 Å². The molecule has 0 spiro atoms. The van der Waals surface area contributed by atoms with Crippen molar-refractivity contribution in [2.45, 2.75) is 36.6 Å². The van der Waals surface area contributed by atoms with Gasteiger partial charge in [-0.1, -0.05) is 0 Å². The van der Waals surface area contributed by atoms with Crippen molar-refractivity contribution < 1.29 is 113 Å². The molecule has 0 aromatic heterocycles. The van der Waals surface area contributed by atoms with Crippen LogP contribution in [0.5, 0.6) is 0 Å². The van der Waals surface area contributed by atoms with Crippen molar-refractivity contribution in [3.8, 4) is 0 Å². The Labute approximate surface area is 197 Å². The molecule has 1 fully saturated rings. The van der Waals surface area contributed by atoms with Crippen LogP contribution in [-0.2, 0) is 54.5 Å². The summed E-state index contributed by atoms with van der Waals surface area (Å²) in [6.07, 6.45) is -19.1. The van der Waals surface area contributed by atoms with Crippen LogP contribution < -0.4 is 4.89 Å². The van der Waals surface area contributed by atoms with Crippen LogP contribution in [0, 0.1) is 0 Å². The van der Waals surface area contributed by atoms with E-state index in [0.717, 1.165) is 0 Å². The van der Waals surface area contributed by atoms with E-state index in [9.17, 15) is 32.3 Å². The van der Waals surface area contributed by atoms with Gasteiger partial charge in [-0.3, -0.25) is 27.2 Å². The molecule has 1 aliphatic rings. The average Bonchev–Trinajstić information content (AvgIpc) is 2.51. The molecule has 216 valence electrons. The van der Waals surface area contributed by atoms with Gasteiger partial charge < -0.3 is 63.2 Å². The fourth-order valence-electron chi connectivity index (χ4n) is 2.79. The number of hydrogen-bond acceptors (Lipinski definition) is 13. The fraction of sp³-hybridized carbons (Fsp3) is 1.00. The van der Waals surface area contributed by atoms with Crippen LogP contribution in [0.2, 0.25) is 0 Å². The van der Waals surface area contributed by atoms with Crippen LogP contribution in [-0.4, -0.2) is 90.5 Å². The summed E-state index contributed by atoms with van der Waals surface area (Å²) >= 11 is 0. The highest BCUT2D eigenvalue weighted by molar-refractivity contribution is 7.47. The molecule has 36 heavy (non-hydrogen) atoms. The molecule has 5 unspecified atom stereocenters. The monoisotopic (exact) mass is 659 g/mol. The first kappa shape index (κ1) is 34.7. The van der Waals surface area contributed by atoms with Crippen molar-refractivity contribution in [3.05, 3.63) is 0 Å². The van der Waals surface area contributed by atoms with Gasteiger partial charge in [0, 0.05) is 0 Å². The summed E-state index contributed by atoms with van der Waals surface area (Å²) in [7, 11) is -36.4. The molecule has 0 aliphatic heterocycles. The zero-order valence-corrected chi connectivity index (χ0v) is 21.7. The Kier molecular flexibility index (Phi) is 11.2. The second kappa shape index (κ2) is 11.6. The molecule has 11 N–H and O–H groups in total. The maximum absolute atomic E-state index is 11.4. The first-order valence-corrected chi connectivity index (χ1v) is 17.1. The van der Waals surface area contributed by atoms with Crippen LogP contribution in [0.1, 0.15) is 0 Å². The predicted octanol–water partition coefficient (Wildman–Crippen LogP) is -3.76. The van der Waals surface area contributed by atoms with Crippen molar-refractivity contribution in [2.24, 2.45) is 0 Å². The molecule has 0 aromatic rings. The average molecular weight is 659 g/mol. The third kappa shape index (κ3) is 13.1. The second-order valence-corrected chi connectivity index (χ2v) is 13.4. The van der Waals surface area contributed by atoms with Gasteiger partial charge in [0.25, 0.3) is 7.82 Å². The standard InChI is InChI=1S/C6H18O24P6/c7-31(8,9)25-1-2(26-32(10,11)12)4(28-34(16,17)18)6(30-36(22,23)24)5(29-35(19,20)21)3(1)27-33(13,14)15/h1-6H,(H2,7,8,9)(H2,10,11,12)(H2,13,14,15)(H2,16,17,18)(H2,19,20,21)(H2,22,23,24)/p-1. The summed E-state index contributed by atoms with van der Waals surface area (Å²) in [5.74, 6) is 0. The maximum atomic E-state index is 11.4. The van der Waals surface area contributed by atoms with E-state index in [2.05, 4.69) is 27.1 Å². The van der Waals surface area contributed by atoms with Crippen molar-refractivity contribution in [1.82, 2.24) is 0 Å². The van der Waals surface area contributed by atoms with Gasteiger partial charge in [0.1, 0.15) is 36.6 Å². The largest absolute Gasteiger partial charge is 0.756 e. The molecular formula is C6H17O24P6-. The molecule has 30 heteroatoms. The van der Waals surface area contributed by atoms with Crippen LogP contribution in [0.25, 0.3) is 0 Å². The van der Waals surface area contributed by atoms with Crippen LogP contribution >= 0.6 is 46.9 Å². The molecule has 5 atom stereocenters. The Morgan fingerprint density at radius 2 is 0.500 bits per heavy atom. The summed E-state index contributed by atoms with van der Waals surface area (Å²) in [5.41, 5.74) is 0. The summed E-state index contributed by atoms with van der Waals surface area (Å²) in [6, 6.07) is 0. The molecule has 24 nitrogen and oxygen atoms in total. The highest BCUT2D eigenvalue weighted by atomic mass is 31.2. The zero-order valence-electron chi connectivity index (χ0n) is 16.4. The van der Waals surface area contributed by atoms with E-state index in [1.54, 1.807) is 0 Å². The predicted molar refractivity (Wildman–Crippen MR) is 99.3 cm³/mol. The van der Waals surface area contributed by atoms with Gasteiger partial charge in [-0.15, -0.1) is 0 Å². The van der Waals surface area contributed by atoms with Gasteiger partial charge in [0.15, 0.2) is 0 Å². The van der Waals surface area contributed by atoms with Crippen LogP contribution in [0.3, 0.4) is 0 Å². The first-order valence-electron chi connectivity index (χ1n) is 7.99. The van der Waals surface area contributed by atoms with E-state index in [4.69, 9.17) is 53.8 Å². The molecule has 1 rings (SSSR count). The molecular weight excluding hydrogens is 642 g/mol. The quantitative estimate of drug-likeness (QED) is 0.0896. The Balaban J connectivity index is 4.04. The SMILES string of the molecule is O=P([O-])(O)OC1C(OP(=O)(O)O)C(OP(=O)(O)O)C(OP(=O)(O)O)C(OP(=O)(O)O)C1OP(=O)(O)O. The number of hydrogen-bond donors (Lipinski definition) is 11. The highest BCUT2D eigenvalue weighted by Crippen LogP contribution is 2.56. The third-order valence-corrected chi connectivity index (χ3v) is 6.59. The lowest BCUT2D eigenvalue weighted by atomic mass is 9.85. The minimum absolute atomic E-state index is 3.16. The summed E-state index contributed by atoms with van der Waals surface area (Å²) in [6.45, 7) is 0. The Bertz CT molecular complexity index is 818. The molecule has 0 radical (unpaired) electrons. The molecule has 0 bridgehead atoms. The van der Waals surface area contributed by atoms with Crippen molar-refractivity contribution in [3.63, 3.8) is 0 Å². The molecule has 1 saturated carbocycles. The number of phosphoric acid groups is 6. The topological polar surface area (TPSA) is 403 Å². The van der Waals surface area contributed by atoms with E-state index in [-0.39, 0.29) is 0 Å². The van der Waals surface area contributed by atoms with Gasteiger partial charge in [0.2, 0.25) is 0 Å². The maximum Gasteiger partial charge on any atom is 0.470 e. The first-order chi connectivity index (χ1) is 15.6. The fourth-order valence-corrected chi connectivity index (χ4v) is 6.12. The Hall–Kier alpha value is 0.660. The molecule has 0 heterocycles. The minimum atomic E-state index is -6.27. The van der Waals surface area contributed by atoms with E-state index in [0.29, 0.717) is 0 Å². The van der Waals surface area contributed by atoms with Crippen molar-refractivity contribution in [2.75, 3.05) is 0 Å². The van der Waals surface area contributed by atoms with E-state index in [1.807, 2.05) is 0 Å². The van der Waals surface area contributed by atoms with Gasteiger partial charge in [-0.25, -0.2) is 22.8 Å². The number of phosphoric ester groups is 6. The van der Waals surface area contributed by atoms with Gasteiger partial charge in [0.05, 0.1) is 0 Å². The van der Waals surface area contributed by atoms with Gasteiger partial charge in [-0.05, 0) is 0 Å². The number of rotatable bonds is 12. The Morgan fingerprint density at radius 3 is 0.611 bits per heavy atom. The minimum Gasteiger partial charge on any atom is -0.756 e.